The molecular formula is C21H19N5O5S2. The highest BCUT2D eigenvalue weighted by Crippen LogP contribution is 2.27. The van der Waals surface area contributed by atoms with E-state index in [0.29, 0.717) is 29.0 Å². The number of aryl methyl sites for hydroxylation is 2. The third-order valence-electron chi connectivity index (χ3n) is 4.49. The van der Waals surface area contributed by atoms with Gasteiger partial charge in [0.05, 0.1) is 7.11 Å². The Labute approximate surface area is 193 Å². The van der Waals surface area contributed by atoms with Gasteiger partial charge >= 0.3 is 5.97 Å². The topological polar surface area (TPSA) is 125 Å². The van der Waals surface area contributed by atoms with Gasteiger partial charge in [0, 0.05) is 24.1 Å². The number of carbonyl (C=O) groups is 1. The SMILES string of the molecule is COC(=O)c1sccc1S(=O)(=O)Nc1ccc(Oc2cc(-n3ccnc3C)nc(C)n2)cc1. The first-order chi connectivity index (χ1) is 15.8. The van der Waals surface area contributed by atoms with Crippen molar-refractivity contribution in [2.75, 3.05) is 11.8 Å². The zero-order valence-corrected chi connectivity index (χ0v) is 19.5. The minimum Gasteiger partial charge on any atom is -0.465 e. The molecule has 3 aromatic heterocycles. The van der Waals surface area contributed by atoms with Crippen LogP contribution in [0.2, 0.25) is 0 Å². The van der Waals surface area contributed by atoms with Crippen LogP contribution in [0.3, 0.4) is 0 Å². The molecular weight excluding hydrogens is 466 g/mol. The molecule has 3 heterocycles. The second-order valence-corrected chi connectivity index (χ2v) is 9.36. The summed E-state index contributed by atoms with van der Waals surface area (Å²) in [5, 5.41) is 1.51. The number of sulfonamides is 1. The molecule has 1 N–H and O–H groups in total. The van der Waals surface area contributed by atoms with Crippen molar-refractivity contribution in [2.24, 2.45) is 0 Å². The fourth-order valence-corrected chi connectivity index (χ4v) is 5.39. The minimum atomic E-state index is -3.98. The highest BCUT2D eigenvalue weighted by atomic mass is 32.2. The van der Waals surface area contributed by atoms with Gasteiger partial charge in [-0.3, -0.25) is 9.29 Å². The molecule has 33 heavy (non-hydrogen) atoms. The number of anilines is 1. The molecule has 0 radical (unpaired) electrons. The molecule has 0 unspecified atom stereocenters. The van der Waals surface area contributed by atoms with Crippen molar-refractivity contribution in [3.8, 4) is 17.4 Å². The Morgan fingerprint density at radius 3 is 2.55 bits per heavy atom. The zero-order valence-electron chi connectivity index (χ0n) is 17.8. The third kappa shape index (κ3) is 4.86. The maximum absolute atomic E-state index is 12.7. The number of methoxy groups -OCH3 is 1. The summed E-state index contributed by atoms with van der Waals surface area (Å²) >= 11 is 0.994. The predicted molar refractivity (Wildman–Crippen MR) is 122 cm³/mol. The van der Waals surface area contributed by atoms with Gasteiger partial charge in [-0.25, -0.2) is 23.2 Å². The number of ether oxygens (including phenoxy) is 2. The van der Waals surface area contributed by atoms with E-state index in [1.54, 1.807) is 49.6 Å². The summed E-state index contributed by atoms with van der Waals surface area (Å²) < 4.78 is 40.2. The van der Waals surface area contributed by atoms with E-state index in [4.69, 9.17) is 4.74 Å². The highest BCUT2D eigenvalue weighted by molar-refractivity contribution is 7.93. The molecule has 0 bridgehead atoms. The Balaban J connectivity index is 1.52. The number of hydrogen-bond donors (Lipinski definition) is 1. The van der Waals surface area contributed by atoms with Gasteiger partial charge in [0.15, 0.2) is 0 Å². The van der Waals surface area contributed by atoms with Gasteiger partial charge in [0.1, 0.15) is 33.0 Å². The molecule has 4 aromatic rings. The first kappa shape index (κ1) is 22.4. The maximum Gasteiger partial charge on any atom is 0.349 e. The minimum absolute atomic E-state index is 0.00742. The summed E-state index contributed by atoms with van der Waals surface area (Å²) in [5.74, 6) is 2.00. The summed E-state index contributed by atoms with van der Waals surface area (Å²) in [6.45, 7) is 3.62. The van der Waals surface area contributed by atoms with Crippen molar-refractivity contribution in [2.45, 2.75) is 18.7 Å². The largest absolute Gasteiger partial charge is 0.465 e. The van der Waals surface area contributed by atoms with Crippen LogP contribution in [-0.2, 0) is 14.8 Å². The van der Waals surface area contributed by atoms with E-state index in [9.17, 15) is 13.2 Å². The second kappa shape index (κ2) is 9.00. The molecule has 4 rings (SSSR count). The van der Waals surface area contributed by atoms with Gasteiger partial charge < -0.3 is 9.47 Å². The maximum atomic E-state index is 12.7. The molecule has 0 aliphatic carbocycles. The number of esters is 1. The Morgan fingerprint density at radius 2 is 1.88 bits per heavy atom. The number of aromatic nitrogens is 4. The van der Waals surface area contributed by atoms with Gasteiger partial charge in [-0.2, -0.15) is 4.98 Å². The summed E-state index contributed by atoms with van der Waals surface area (Å²) in [5.41, 5.74) is 0.304. The van der Waals surface area contributed by atoms with Crippen molar-refractivity contribution >= 4 is 33.0 Å². The zero-order chi connectivity index (χ0) is 23.6. The fraction of sp³-hybridized carbons (Fsp3) is 0.143. The van der Waals surface area contributed by atoms with Crippen LogP contribution in [0.5, 0.6) is 11.6 Å². The number of nitrogens with one attached hydrogen (secondary N) is 1. The quantitative estimate of drug-likeness (QED) is 0.393. The standard InChI is InChI=1S/C21H19N5O5S2/c1-13-23-18(26-10-9-22-14(26)2)12-19(24-13)31-16-6-4-15(5-7-16)25-33(28,29)17-8-11-32-20(17)21(27)30-3/h4-12,25H,1-3H3. The predicted octanol–water partition coefficient (Wildman–Crippen LogP) is 3.72. The number of nitrogens with zero attached hydrogens (tertiary/aromatic N) is 4. The molecule has 0 saturated carbocycles. The molecule has 0 amide bonds. The van der Waals surface area contributed by atoms with Crippen LogP contribution in [0.4, 0.5) is 5.69 Å². The van der Waals surface area contributed by atoms with Gasteiger partial charge in [-0.15, -0.1) is 11.3 Å². The molecule has 12 heteroatoms. The molecule has 0 spiro atoms. The van der Waals surface area contributed by atoms with E-state index in [0.717, 1.165) is 17.2 Å². The van der Waals surface area contributed by atoms with Crippen molar-refractivity contribution in [3.63, 3.8) is 0 Å². The number of rotatable bonds is 7. The molecule has 10 nitrogen and oxygen atoms in total. The first-order valence-corrected chi connectivity index (χ1v) is 12.0. The average molecular weight is 486 g/mol. The van der Waals surface area contributed by atoms with Gasteiger partial charge in [-0.05, 0) is 49.6 Å². The lowest BCUT2D eigenvalue weighted by molar-refractivity contribution is 0.0602. The normalized spacial score (nSPS) is 11.2. The monoisotopic (exact) mass is 485 g/mol. The highest BCUT2D eigenvalue weighted by Gasteiger charge is 2.24. The van der Waals surface area contributed by atoms with E-state index in [-0.39, 0.29) is 9.77 Å². The van der Waals surface area contributed by atoms with Crippen LogP contribution >= 0.6 is 11.3 Å². The van der Waals surface area contributed by atoms with E-state index in [1.807, 2.05) is 11.5 Å². The van der Waals surface area contributed by atoms with Crippen LogP contribution in [0.1, 0.15) is 21.3 Å². The summed E-state index contributed by atoms with van der Waals surface area (Å²) in [6, 6.07) is 9.34. The van der Waals surface area contributed by atoms with Crippen molar-refractivity contribution < 1.29 is 22.7 Å². The molecule has 0 fully saturated rings. The fourth-order valence-electron chi connectivity index (χ4n) is 2.99. The number of thiophene rings is 1. The molecule has 1 aromatic carbocycles. The van der Waals surface area contributed by atoms with E-state index in [1.165, 1.54) is 18.6 Å². The molecule has 0 atom stereocenters. The van der Waals surface area contributed by atoms with E-state index < -0.39 is 16.0 Å². The molecule has 170 valence electrons. The van der Waals surface area contributed by atoms with Crippen LogP contribution in [0.15, 0.2) is 59.1 Å². The Bertz CT molecular complexity index is 1410. The van der Waals surface area contributed by atoms with Crippen LogP contribution < -0.4 is 9.46 Å². The first-order valence-electron chi connectivity index (χ1n) is 9.59. The second-order valence-electron chi connectivity index (χ2n) is 6.79. The smallest absolute Gasteiger partial charge is 0.349 e. The average Bonchev–Trinajstić information content (AvgIpc) is 3.44. The van der Waals surface area contributed by atoms with Crippen LogP contribution in [-0.4, -0.2) is 41.0 Å². The van der Waals surface area contributed by atoms with Crippen molar-refractivity contribution in [1.82, 2.24) is 19.5 Å². The number of benzene rings is 1. The summed E-state index contributed by atoms with van der Waals surface area (Å²) in [4.78, 5) is 24.6. The summed E-state index contributed by atoms with van der Waals surface area (Å²) in [7, 11) is -2.78. The third-order valence-corrected chi connectivity index (χ3v) is 6.94. The lowest BCUT2D eigenvalue weighted by Crippen LogP contribution is -2.15. The molecule has 0 saturated heterocycles. The lowest BCUT2D eigenvalue weighted by atomic mass is 10.3. The van der Waals surface area contributed by atoms with Gasteiger partial charge in [0.2, 0.25) is 5.88 Å². The summed E-state index contributed by atoms with van der Waals surface area (Å²) in [6.07, 6.45) is 3.47. The Kier molecular flexibility index (Phi) is 6.11. The number of hydrogen-bond acceptors (Lipinski definition) is 9. The number of carbonyl (C=O) groups excluding carboxylic acids is 1. The van der Waals surface area contributed by atoms with E-state index >= 15 is 0 Å². The Hall–Kier alpha value is -3.77. The number of imidazole rings is 1. The molecule has 0 aliphatic heterocycles. The van der Waals surface area contributed by atoms with Crippen molar-refractivity contribution in [1.29, 1.82) is 0 Å². The lowest BCUT2D eigenvalue weighted by Gasteiger charge is -2.11. The van der Waals surface area contributed by atoms with Crippen LogP contribution in [0, 0.1) is 13.8 Å². The van der Waals surface area contributed by atoms with Gasteiger partial charge in [0.25, 0.3) is 10.0 Å². The van der Waals surface area contributed by atoms with Crippen molar-refractivity contribution in [3.05, 3.63) is 70.7 Å². The van der Waals surface area contributed by atoms with Gasteiger partial charge in [-0.1, -0.05) is 0 Å². The Morgan fingerprint density at radius 1 is 1.12 bits per heavy atom. The van der Waals surface area contributed by atoms with E-state index in [2.05, 4.69) is 24.4 Å². The molecule has 0 aliphatic rings. The van der Waals surface area contributed by atoms with Crippen LogP contribution in [0.25, 0.3) is 5.82 Å².